The Hall–Kier alpha value is -8.46. The van der Waals surface area contributed by atoms with E-state index in [2.05, 4.69) is 265 Å². The third kappa shape index (κ3) is 6.25. The lowest BCUT2D eigenvalue weighted by atomic mass is 9.83. The molecule has 0 N–H and O–H groups in total. The van der Waals surface area contributed by atoms with Gasteiger partial charge in [0.25, 0.3) is 0 Å². The van der Waals surface area contributed by atoms with Crippen LogP contribution in [0.3, 0.4) is 0 Å². The van der Waals surface area contributed by atoms with Gasteiger partial charge < -0.3 is 9.80 Å². The molecule has 310 valence electrons. The summed E-state index contributed by atoms with van der Waals surface area (Å²) in [6, 6.07) is 89.5. The van der Waals surface area contributed by atoms with Crippen LogP contribution in [0.2, 0.25) is 0 Å². The Morgan fingerprint density at radius 2 is 0.985 bits per heavy atom. The Kier molecular flexibility index (Phi) is 9.02. The Morgan fingerprint density at radius 1 is 0.348 bits per heavy atom. The summed E-state index contributed by atoms with van der Waals surface area (Å²) in [5.74, 6) is 0.270. The zero-order valence-electron chi connectivity index (χ0n) is 36.3. The van der Waals surface area contributed by atoms with Crippen molar-refractivity contribution in [3.8, 4) is 33.4 Å². The van der Waals surface area contributed by atoms with Gasteiger partial charge in [-0.05, 0) is 126 Å². The SMILES string of the molecule is C1=CC2c3ccccc3N(c3ccccc3-c3ccc(N(c4cccc(-c5cc6ccccc6c6ccccc56)c4)c4ccccc4-c4ccc5ccccc5c4)cc3)C2c2ccccc21. The van der Waals surface area contributed by atoms with Gasteiger partial charge in [0.2, 0.25) is 0 Å². The molecule has 0 radical (unpaired) electrons. The normalized spacial score (nSPS) is 14.9. The van der Waals surface area contributed by atoms with Crippen LogP contribution in [0.1, 0.15) is 28.7 Å². The summed E-state index contributed by atoms with van der Waals surface area (Å²) in [4.78, 5) is 5.04. The maximum absolute atomic E-state index is 2.60. The summed E-state index contributed by atoms with van der Waals surface area (Å²) >= 11 is 0. The molecule has 0 fully saturated rings. The first-order valence-corrected chi connectivity index (χ1v) is 23.0. The van der Waals surface area contributed by atoms with Gasteiger partial charge in [-0.15, -0.1) is 0 Å². The first-order chi connectivity index (χ1) is 32.7. The maximum Gasteiger partial charge on any atom is 0.0701 e. The van der Waals surface area contributed by atoms with Crippen LogP contribution < -0.4 is 9.80 Å². The zero-order valence-corrected chi connectivity index (χ0v) is 36.3. The van der Waals surface area contributed by atoms with Gasteiger partial charge in [-0.1, -0.05) is 200 Å². The number of nitrogens with zero attached hydrogens (tertiary/aromatic N) is 2. The fourth-order valence-corrected chi connectivity index (χ4v) is 11.0. The molecule has 1 heterocycles. The number of anilines is 5. The van der Waals surface area contributed by atoms with E-state index in [0.29, 0.717) is 0 Å². The van der Waals surface area contributed by atoms with Crippen LogP contribution in [0, 0.1) is 0 Å². The van der Waals surface area contributed by atoms with Crippen LogP contribution >= 0.6 is 0 Å². The van der Waals surface area contributed by atoms with Crippen molar-refractivity contribution in [3.05, 3.63) is 265 Å². The van der Waals surface area contributed by atoms with Gasteiger partial charge in [-0.3, -0.25) is 0 Å². The molecule has 0 saturated heterocycles. The lowest BCUT2D eigenvalue weighted by Gasteiger charge is -2.34. The molecule has 2 heteroatoms. The van der Waals surface area contributed by atoms with E-state index in [1.165, 1.54) is 93.8 Å². The van der Waals surface area contributed by atoms with Gasteiger partial charge in [-0.2, -0.15) is 0 Å². The number of benzene rings is 11. The van der Waals surface area contributed by atoms with Crippen molar-refractivity contribution in [2.24, 2.45) is 0 Å². The number of para-hydroxylation sites is 3. The number of rotatable bonds is 7. The second kappa shape index (κ2) is 15.7. The quantitative estimate of drug-likeness (QED) is 0.148. The van der Waals surface area contributed by atoms with Crippen molar-refractivity contribution in [1.82, 2.24) is 0 Å². The second-order valence-corrected chi connectivity index (χ2v) is 17.6. The smallest absolute Gasteiger partial charge is 0.0701 e. The Morgan fingerprint density at radius 3 is 1.85 bits per heavy atom. The van der Waals surface area contributed by atoms with Gasteiger partial charge in [0.1, 0.15) is 0 Å². The topological polar surface area (TPSA) is 6.48 Å². The summed E-state index contributed by atoms with van der Waals surface area (Å²) < 4.78 is 0. The lowest BCUT2D eigenvalue weighted by Crippen LogP contribution is -2.24. The van der Waals surface area contributed by atoms with Crippen LogP contribution in [0.15, 0.2) is 249 Å². The highest BCUT2D eigenvalue weighted by atomic mass is 15.2. The number of hydrogen-bond acceptors (Lipinski definition) is 2. The Bertz CT molecular complexity index is 3690. The fourth-order valence-electron chi connectivity index (χ4n) is 11.0. The summed E-state index contributed by atoms with van der Waals surface area (Å²) in [6.07, 6.45) is 4.72. The van der Waals surface area contributed by atoms with E-state index in [1.807, 2.05) is 0 Å². The predicted octanol–water partition coefficient (Wildman–Crippen LogP) is 17.6. The minimum atomic E-state index is 0.165. The average molecular weight is 841 g/mol. The third-order valence-corrected chi connectivity index (χ3v) is 14.0. The molecular formula is C64H44N2. The number of fused-ring (bicyclic) bond motifs is 9. The van der Waals surface area contributed by atoms with Crippen molar-refractivity contribution >= 4 is 66.8 Å². The molecule has 1 aliphatic heterocycles. The average Bonchev–Trinajstić information content (AvgIpc) is 3.73. The van der Waals surface area contributed by atoms with E-state index in [-0.39, 0.29) is 12.0 Å². The Balaban J connectivity index is 0.963. The largest absolute Gasteiger partial charge is 0.332 e. The van der Waals surface area contributed by atoms with Crippen LogP contribution in [-0.2, 0) is 0 Å². The van der Waals surface area contributed by atoms with E-state index in [0.717, 1.165) is 17.1 Å². The van der Waals surface area contributed by atoms with E-state index in [1.54, 1.807) is 0 Å². The molecule has 0 amide bonds. The van der Waals surface area contributed by atoms with Crippen LogP contribution in [0.4, 0.5) is 28.4 Å². The molecule has 11 aromatic carbocycles. The molecular weight excluding hydrogens is 797 g/mol. The van der Waals surface area contributed by atoms with Crippen molar-refractivity contribution in [2.75, 3.05) is 9.80 Å². The van der Waals surface area contributed by atoms with Gasteiger partial charge in [0, 0.05) is 39.8 Å². The lowest BCUT2D eigenvalue weighted by molar-refractivity contribution is 0.667. The monoisotopic (exact) mass is 840 g/mol. The highest BCUT2D eigenvalue weighted by Crippen LogP contribution is 2.57. The third-order valence-electron chi connectivity index (χ3n) is 14.0. The molecule has 2 aliphatic rings. The first kappa shape index (κ1) is 38.0. The van der Waals surface area contributed by atoms with Gasteiger partial charge >= 0.3 is 0 Å². The summed E-state index contributed by atoms with van der Waals surface area (Å²) in [7, 11) is 0. The maximum atomic E-state index is 2.60. The van der Waals surface area contributed by atoms with Crippen LogP contribution in [-0.4, -0.2) is 0 Å². The van der Waals surface area contributed by atoms with Crippen molar-refractivity contribution in [2.45, 2.75) is 12.0 Å². The van der Waals surface area contributed by atoms with Crippen LogP contribution in [0.5, 0.6) is 0 Å². The van der Waals surface area contributed by atoms with Crippen molar-refractivity contribution in [3.63, 3.8) is 0 Å². The molecule has 0 saturated carbocycles. The highest BCUT2D eigenvalue weighted by molar-refractivity contribution is 6.14. The van der Waals surface area contributed by atoms with Gasteiger partial charge in [0.05, 0.1) is 11.7 Å². The van der Waals surface area contributed by atoms with Gasteiger partial charge in [0.15, 0.2) is 0 Å². The first-order valence-electron chi connectivity index (χ1n) is 23.0. The van der Waals surface area contributed by atoms with Gasteiger partial charge in [-0.25, -0.2) is 0 Å². The molecule has 0 bridgehead atoms. The number of hydrogen-bond donors (Lipinski definition) is 0. The van der Waals surface area contributed by atoms with E-state index in [4.69, 9.17) is 0 Å². The van der Waals surface area contributed by atoms with Crippen molar-refractivity contribution in [1.29, 1.82) is 0 Å². The Labute approximate surface area is 385 Å². The van der Waals surface area contributed by atoms with E-state index >= 15 is 0 Å². The standard InChI is InChI=1S/C64H44N2/c1-2-18-46-40-49(33-32-43(46)16-1)54-24-10-12-29-61(54)65(51-21-15-20-47(41-51)60-42-48-19-4-5-22-52(48)56-26-7-8-27-57(56)60)50-37-34-45(35-38-50)53-23-9-13-30-62(53)66-63-31-14-11-28-58(63)59-39-36-44-17-3-6-25-55(44)64(59)66/h1-42,59,64H. The summed E-state index contributed by atoms with van der Waals surface area (Å²) in [5, 5.41) is 7.49. The zero-order chi connectivity index (χ0) is 43.6. The summed E-state index contributed by atoms with van der Waals surface area (Å²) in [5.41, 5.74) is 16.9. The minimum Gasteiger partial charge on any atom is -0.332 e. The molecule has 2 nitrogen and oxygen atoms in total. The molecule has 0 aromatic heterocycles. The van der Waals surface area contributed by atoms with E-state index < -0.39 is 0 Å². The summed E-state index contributed by atoms with van der Waals surface area (Å²) in [6.45, 7) is 0. The molecule has 2 atom stereocenters. The molecule has 11 aromatic rings. The molecule has 66 heavy (non-hydrogen) atoms. The second-order valence-electron chi connectivity index (χ2n) is 17.6. The van der Waals surface area contributed by atoms with Crippen molar-refractivity contribution < 1.29 is 0 Å². The van der Waals surface area contributed by atoms with E-state index in [9.17, 15) is 0 Å². The highest BCUT2D eigenvalue weighted by Gasteiger charge is 2.41. The minimum absolute atomic E-state index is 0.165. The molecule has 0 spiro atoms. The van der Waals surface area contributed by atoms with Crippen LogP contribution in [0.25, 0.3) is 71.8 Å². The fraction of sp³-hybridized carbons (Fsp3) is 0.0312. The molecule has 2 unspecified atom stereocenters. The molecule has 13 rings (SSSR count). The molecule has 1 aliphatic carbocycles. The predicted molar refractivity (Wildman–Crippen MR) is 279 cm³/mol.